The van der Waals surface area contributed by atoms with Gasteiger partial charge in [0.05, 0.1) is 11.5 Å². The standard InChI is InChI=1S/C25H28N2O4S/c1-4-31-21-12-14-22(15-13-21)32(29,30)27-24(17-20-8-6-5-7-9-20)25(28)26-23-16-18(2)10-11-19(23)3/h5-16,24,27H,4,17H2,1-3H3,(H,26,28)/t24-/m1/s1. The van der Waals surface area contributed by atoms with Crippen molar-refractivity contribution in [1.82, 2.24) is 4.72 Å². The van der Waals surface area contributed by atoms with Crippen LogP contribution in [0.15, 0.2) is 77.7 Å². The van der Waals surface area contributed by atoms with Gasteiger partial charge in [0.25, 0.3) is 0 Å². The van der Waals surface area contributed by atoms with Gasteiger partial charge in [-0.05, 0) is 74.2 Å². The van der Waals surface area contributed by atoms with Gasteiger partial charge in [-0.3, -0.25) is 4.79 Å². The number of nitrogens with one attached hydrogen (secondary N) is 2. The molecule has 1 amide bonds. The Morgan fingerprint density at radius 1 is 0.969 bits per heavy atom. The molecule has 7 heteroatoms. The summed E-state index contributed by atoms with van der Waals surface area (Å²) < 4.78 is 34.1. The van der Waals surface area contributed by atoms with Crippen molar-refractivity contribution in [3.63, 3.8) is 0 Å². The van der Waals surface area contributed by atoms with E-state index in [0.29, 0.717) is 18.0 Å². The molecule has 0 bridgehead atoms. The Bertz CT molecular complexity index is 1160. The van der Waals surface area contributed by atoms with Crippen LogP contribution in [0, 0.1) is 13.8 Å². The molecule has 0 radical (unpaired) electrons. The minimum absolute atomic E-state index is 0.0681. The summed E-state index contributed by atoms with van der Waals surface area (Å²) in [4.78, 5) is 13.2. The van der Waals surface area contributed by atoms with E-state index < -0.39 is 22.0 Å². The maximum Gasteiger partial charge on any atom is 0.242 e. The van der Waals surface area contributed by atoms with Crippen LogP contribution >= 0.6 is 0 Å². The summed E-state index contributed by atoms with van der Waals surface area (Å²) >= 11 is 0. The van der Waals surface area contributed by atoms with Crippen LogP contribution in [0.2, 0.25) is 0 Å². The molecule has 0 fully saturated rings. The number of hydrogen-bond donors (Lipinski definition) is 2. The van der Waals surface area contributed by atoms with Gasteiger partial charge >= 0.3 is 0 Å². The van der Waals surface area contributed by atoms with Gasteiger partial charge in [-0.2, -0.15) is 4.72 Å². The lowest BCUT2D eigenvalue weighted by molar-refractivity contribution is -0.117. The Labute approximate surface area is 189 Å². The highest BCUT2D eigenvalue weighted by Gasteiger charge is 2.26. The van der Waals surface area contributed by atoms with Crippen LogP contribution in [0.4, 0.5) is 5.69 Å². The minimum Gasteiger partial charge on any atom is -0.494 e. The highest BCUT2D eigenvalue weighted by molar-refractivity contribution is 7.89. The molecule has 0 saturated carbocycles. The monoisotopic (exact) mass is 452 g/mol. The number of carbonyl (C=O) groups is 1. The highest BCUT2D eigenvalue weighted by atomic mass is 32.2. The molecular formula is C25H28N2O4S. The van der Waals surface area contributed by atoms with E-state index in [0.717, 1.165) is 16.7 Å². The van der Waals surface area contributed by atoms with Crippen molar-refractivity contribution in [3.05, 3.63) is 89.5 Å². The van der Waals surface area contributed by atoms with Crippen LogP contribution in [-0.4, -0.2) is 27.0 Å². The fourth-order valence-electron chi connectivity index (χ4n) is 3.27. The first-order valence-electron chi connectivity index (χ1n) is 10.5. The lowest BCUT2D eigenvalue weighted by Gasteiger charge is -2.20. The number of hydrogen-bond acceptors (Lipinski definition) is 4. The Morgan fingerprint density at radius 2 is 1.66 bits per heavy atom. The number of sulfonamides is 1. The zero-order valence-corrected chi connectivity index (χ0v) is 19.3. The van der Waals surface area contributed by atoms with Crippen molar-refractivity contribution in [2.75, 3.05) is 11.9 Å². The summed E-state index contributed by atoms with van der Waals surface area (Å²) in [5.74, 6) is 0.164. The normalized spacial score (nSPS) is 12.2. The number of rotatable bonds is 9. The Kier molecular flexibility index (Phi) is 7.66. The predicted molar refractivity (Wildman–Crippen MR) is 126 cm³/mol. The molecule has 0 saturated heterocycles. The largest absolute Gasteiger partial charge is 0.494 e. The van der Waals surface area contributed by atoms with Gasteiger partial charge in [0.1, 0.15) is 11.8 Å². The van der Waals surface area contributed by atoms with E-state index in [2.05, 4.69) is 10.0 Å². The second-order valence-corrected chi connectivity index (χ2v) is 9.29. The highest BCUT2D eigenvalue weighted by Crippen LogP contribution is 2.19. The van der Waals surface area contributed by atoms with E-state index >= 15 is 0 Å². The van der Waals surface area contributed by atoms with Gasteiger partial charge in [0.2, 0.25) is 15.9 Å². The van der Waals surface area contributed by atoms with Crippen LogP contribution in [0.1, 0.15) is 23.6 Å². The van der Waals surface area contributed by atoms with Crippen molar-refractivity contribution in [2.45, 2.75) is 38.1 Å². The van der Waals surface area contributed by atoms with Gasteiger partial charge < -0.3 is 10.1 Å². The molecular weight excluding hydrogens is 424 g/mol. The molecule has 0 unspecified atom stereocenters. The quantitative estimate of drug-likeness (QED) is 0.509. The third-order valence-corrected chi connectivity index (χ3v) is 6.48. The van der Waals surface area contributed by atoms with E-state index in [-0.39, 0.29) is 11.3 Å². The topological polar surface area (TPSA) is 84.5 Å². The van der Waals surface area contributed by atoms with Crippen molar-refractivity contribution in [2.24, 2.45) is 0 Å². The molecule has 3 rings (SSSR count). The molecule has 3 aromatic rings. The van der Waals surface area contributed by atoms with Crippen molar-refractivity contribution in [3.8, 4) is 5.75 Å². The fraction of sp³-hybridized carbons (Fsp3) is 0.240. The Balaban J connectivity index is 1.86. The summed E-state index contributed by atoms with van der Waals surface area (Å²) in [6, 6.07) is 20.2. The van der Waals surface area contributed by atoms with E-state index in [1.54, 1.807) is 12.1 Å². The SMILES string of the molecule is CCOc1ccc(S(=O)(=O)N[C@H](Cc2ccccc2)C(=O)Nc2cc(C)ccc2C)cc1. The van der Waals surface area contributed by atoms with Crippen LogP contribution in [0.25, 0.3) is 0 Å². The summed E-state index contributed by atoms with van der Waals surface area (Å²) in [7, 11) is -3.93. The average molecular weight is 453 g/mol. The number of aryl methyl sites for hydroxylation is 2. The first-order chi connectivity index (χ1) is 15.3. The van der Waals surface area contributed by atoms with E-state index in [4.69, 9.17) is 4.74 Å². The smallest absolute Gasteiger partial charge is 0.242 e. The van der Waals surface area contributed by atoms with Gasteiger partial charge in [-0.1, -0.05) is 42.5 Å². The van der Waals surface area contributed by atoms with Gasteiger partial charge in [-0.25, -0.2) is 8.42 Å². The van der Waals surface area contributed by atoms with Crippen molar-refractivity contribution in [1.29, 1.82) is 0 Å². The summed E-state index contributed by atoms with van der Waals surface area (Å²) in [6.07, 6.45) is 0.216. The summed E-state index contributed by atoms with van der Waals surface area (Å²) in [5.41, 5.74) is 3.41. The summed E-state index contributed by atoms with van der Waals surface area (Å²) in [5, 5.41) is 2.89. The van der Waals surface area contributed by atoms with Crippen LogP contribution in [0.5, 0.6) is 5.75 Å². The molecule has 0 spiro atoms. The van der Waals surface area contributed by atoms with E-state index in [9.17, 15) is 13.2 Å². The molecule has 6 nitrogen and oxygen atoms in total. The second kappa shape index (κ2) is 10.4. The number of carbonyl (C=O) groups excluding carboxylic acids is 1. The molecule has 168 valence electrons. The second-order valence-electron chi connectivity index (χ2n) is 7.58. The number of anilines is 1. The first kappa shape index (κ1) is 23.5. The van der Waals surface area contributed by atoms with E-state index in [1.807, 2.05) is 69.3 Å². The molecule has 0 aliphatic rings. The lowest BCUT2D eigenvalue weighted by atomic mass is 10.1. The van der Waals surface area contributed by atoms with Crippen LogP contribution in [0.3, 0.4) is 0 Å². The van der Waals surface area contributed by atoms with Gasteiger partial charge in [-0.15, -0.1) is 0 Å². The third-order valence-electron chi connectivity index (χ3n) is 4.99. The van der Waals surface area contributed by atoms with Gasteiger partial charge in [0.15, 0.2) is 0 Å². The Morgan fingerprint density at radius 3 is 2.31 bits per heavy atom. The van der Waals surface area contributed by atoms with Crippen LogP contribution < -0.4 is 14.8 Å². The molecule has 32 heavy (non-hydrogen) atoms. The number of benzene rings is 3. The minimum atomic E-state index is -3.93. The summed E-state index contributed by atoms with van der Waals surface area (Å²) in [6.45, 7) is 6.17. The predicted octanol–water partition coefficient (Wildman–Crippen LogP) is 4.23. The lowest BCUT2D eigenvalue weighted by Crippen LogP contribution is -2.45. The third kappa shape index (κ3) is 6.18. The van der Waals surface area contributed by atoms with Crippen LogP contribution in [-0.2, 0) is 21.2 Å². The maximum atomic E-state index is 13.2. The molecule has 1 atom stereocenters. The van der Waals surface area contributed by atoms with Crippen molar-refractivity contribution < 1.29 is 17.9 Å². The fourth-order valence-corrected chi connectivity index (χ4v) is 4.46. The molecule has 0 aliphatic carbocycles. The number of ether oxygens (including phenoxy) is 1. The zero-order valence-electron chi connectivity index (χ0n) is 18.5. The molecule has 0 aromatic heterocycles. The Hall–Kier alpha value is -3.16. The van der Waals surface area contributed by atoms with Crippen molar-refractivity contribution >= 4 is 21.6 Å². The molecule has 3 aromatic carbocycles. The zero-order chi connectivity index (χ0) is 23.1. The average Bonchev–Trinajstić information content (AvgIpc) is 2.77. The maximum absolute atomic E-state index is 13.2. The molecule has 2 N–H and O–H groups in total. The van der Waals surface area contributed by atoms with Gasteiger partial charge in [0, 0.05) is 5.69 Å². The first-order valence-corrected chi connectivity index (χ1v) is 11.9. The molecule has 0 aliphatic heterocycles. The van der Waals surface area contributed by atoms with E-state index in [1.165, 1.54) is 12.1 Å². The number of amides is 1. The molecule has 0 heterocycles.